The van der Waals surface area contributed by atoms with Crippen molar-refractivity contribution >= 4 is 11.6 Å². The second-order valence-electron chi connectivity index (χ2n) is 4.58. The molecule has 0 radical (unpaired) electrons. The summed E-state index contributed by atoms with van der Waals surface area (Å²) < 4.78 is 0. The van der Waals surface area contributed by atoms with Crippen molar-refractivity contribution in [1.82, 2.24) is 10.3 Å². The second-order valence-corrected chi connectivity index (χ2v) is 5.02. The van der Waals surface area contributed by atoms with Crippen LogP contribution in [0, 0.1) is 0 Å². The van der Waals surface area contributed by atoms with Crippen molar-refractivity contribution in [3.05, 3.63) is 29.0 Å². The standard InChI is InChI=1S/C11H17ClN2O/c1-11(2,3)14-7-10(15)8-4-9(12)6-13-5-8/h4-6,10,14-15H,7H2,1-3H3/t10-/m0/s1. The van der Waals surface area contributed by atoms with Gasteiger partial charge in [0.1, 0.15) is 0 Å². The Balaban J connectivity index is 2.58. The van der Waals surface area contributed by atoms with Crippen LogP contribution in [0.2, 0.25) is 5.02 Å². The van der Waals surface area contributed by atoms with Gasteiger partial charge in [0.05, 0.1) is 11.1 Å². The van der Waals surface area contributed by atoms with Gasteiger partial charge < -0.3 is 10.4 Å². The summed E-state index contributed by atoms with van der Waals surface area (Å²) in [6.07, 6.45) is 2.60. The van der Waals surface area contributed by atoms with Gasteiger partial charge in [-0.2, -0.15) is 0 Å². The fraction of sp³-hybridized carbons (Fsp3) is 0.545. The molecule has 0 aromatic carbocycles. The van der Waals surface area contributed by atoms with Crippen molar-refractivity contribution in [3.63, 3.8) is 0 Å². The summed E-state index contributed by atoms with van der Waals surface area (Å²) in [5.41, 5.74) is 0.728. The molecule has 0 aliphatic carbocycles. The third-order valence-electron chi connectivity index (χ3n) is 1.94. The molecule has 0 unspecified atom stereocenters. The molecule has 0 spiro atoms. The molecule has 0 amide bonds. The molecule has 4 heteroatoms. The number of aliphatic hydroxyl groups is 1. The van der Waals surface area contributed by atoms with Gasteiger partial charge >= 0.3 is 0 Å². The molecule has 84 valence electrons. The van der Waals surface area contributed by atoms with Crippen molar-refractivity contribution in [2.75, 3.05) is 6.54 Å². The van der Waals surface area contributed by atoms with Gasteiger partial charge in [0.15, 0.2) is 0 Å². The van der Waals surface area contributed by atoms with Crippen LogP contribution in [-0.4, -0.2) is 22.2 Å². The minimum absolute atomic E-state index is 0.00696. The highest BCUT2D eigenvalue weighted by Crippen LogP contribution is 2.16. The van der Waals surface area contributed by atoms with Crippen LogP contribution in [0.25, 0.3) is 0 Å². The minimum Gasteiger partial charge on any atom is -0.387 e. The Labute approximate surface area is 95.5 Å². The zero-order chi connectivity index (χ0) is 11.5. The van der Waals surface area contributed by atoms with E-state index in [0.29, 0.717) is 11.6 Å². The first-order valence-corrected chi connectivity index (χ1v) is 5.30. The number of aliphatic hydroxyl groups excluding tert-OH is 1. The summed E-state index contributed by atoms with van der Waals surface area (Å²) in [5, 5.41) is 13.6. The van der Waals surface area contributed by atoms with Crippen molar-refractivity contribution in [3.8, 4) is 0 Å². The average molecular weight is 229 g/mol. The monoisotopic (exact) mass is 228 g/mol. The molecule has 15 heavy (non-hydrogen) atoms. The molecule has 0 aliphatic heterocycles. The van der Waals surface area contributed by atoms with Crippen molar-refractivity contribution in [2.24, 2.45) is 0 Å². The van der Waals surface area contributed by atoms with Crippen LogP contribution in [0.4, 0.5) is 0 Å². The zero-order valence-corrected chi connectivity index (χ0v) is 10.0. The number of hydrogen-bond acceptors (Lipinski definition) is 3. The maximum absolute atomic E-state index is 9.85. The quantitative estimate of drug-likeness (QED) is 0.834. The number of hydrogen-bond donors (Lipinski definition) is 2. The van der Waals surface area contributed by atoms with Crippen molar-refractivity contribution in [2.45, 2.75) is 32.4 Å². The summed E-state index contributed by atoms with van der Waals surface area (Å²) in [6, 6.07) is 1.73. The highest BCUT2D eigenvalue weighted by atomic mass is 35.5. The number of rotatable bonds is 3. The number of aromatic nitrogens is 1. The summed E-state index contributed by atoms with van der Waals surface area (Å²) in [4.78, 5) is 3.93. The molecule has 1 aromatic heterocycles. The predicted octanol–water partition coefficient (Wildman–Crippen LogP) is 2.16. The van der Waals surface area contributed by atoms with Crippen LogP contribution >= 0.6 is 11.6 Å². The summed E-state index contributed by atoms with van der Waals surface area (Å²) in [5.74, 6) is 0. The molecule has 0 aliphatic rings. The molecule has 0 fully saturated rings. The average Bonchev–Trinajstić information content (AvgIpc) is 2.13. The van der Waals surface area contributed by atoms with Gasteiger partial charge in [-0.15, -0.1) is 0 Å². The maximum atomic E-state index is 9.85. The highest BCUT2D eigenvalue weighted by Gasteiger charge is 2.13. The molecule has 2 N–H and O–H groups in total. The summed E-state index contributed by atoms with van der Waals surface area (Å²) in [6.45, 7) is 6.65. The van der Waals surface area contributed by atoms with Gasteiger partial charge in [-0.05, 0) is 26.8 Å². The first kappa shape index (κ1) is 12.4. The van der Waals surface area contributed by atoms with Gasteiger partial charge in [0, 0.05) is 30.0 Å². The van der Waals surface area contributed by atoms with E-state index in [1.165, 1.54) is 0 Å². The van der Waals surface area contributed by atoms with E-state index in [0.717, 1.165) is 5.56 Å². The summed E-state index contributed by atoms with van der Waals surface area (Å²) in [7, 11) is 0. The fourth-order valence-corrected chi connectivity index (χ4v) is 1.31. The molecule has 0 saturated carbocycles. The Morgan fingerprint density at radius 1 is 1.47 bits per heavy atom. The number of pyridine rings is 1. The Morgan fingerprint density at radius 2 is 2.13 bits per heavy atom. The lowest BCUT2D eigenvalue weighted by Crippen LogP contribution is -2.38. The van der Waals surface area contributed by atoms with Crippen LogP contribution in [0.5, 0.6) is 0 Å². The Hall–Kier alpha value is -0.640. The molecule has 0 saturated heterocycles. The molecule has 1 atom stereocenters. The number of nitrogens with one attached hydrogen (secondary N) is 1. The third kappa shape index (κ3) is 4.60. The molecular weight excluding hydrogens is 212 g/mol. The Morgan fingerprint density at radius 3 is 2.67 bits per heavy atom. The van der Waals surface area contributed by atoms with Crippen LogP contribution in [0.1, 0.15) is 32.4 Å². The first-order chi connectivity index (χ1) is 6.88. The lowest BCUT2D eigenvalue weighted by molar-refractivity contribution is 0.163. The van der Waals surface area contributed by atoms with Gasteiger partial charge in [-0.3, -0.25) is 4.98 Å². The lowest BCUT2D eigenvalue weighted by Gasteiger charge is -2.22. The van der Waals surface area contributed by atoms with E-state index >= 15 is 0 Å². The highest BCUT2D eigenvalue weighted by molar-refractivity contribution is 6.30. The van der Waals surface area contributed by atoms with Gasteiger partial charge in [-0.1, -0.05) is 11.6 Å². The second kappa shape index (κ2) is 4.92. The van der Waals surface area contributed by atoms with Gasteiger partial charge in [-0.25, -0.2) is 0 Å². The van der Waals surface area contributed by atoms with E-state index in [-0.39, 0.29) is 5.54 Å². The Kier molecular flexibility index (Phi) is 4.08. The topological polar surface area (TPSA) is 45.1 Å². The van der Waals surface area contributed by atoms with Crippen LogP contribution < -0.4 is 5.32 Å². The van der Waals surface area contributed by atoms with Crippen molar-refractivity contribution < 1.29 is 5.11 Å². The number of nitrogens with zero attached hydrogens (tertiary/aromatic N) is 1. The Bertz CT molecular complexity index is 323. The maximum Gasteiger partial charge on any atom is 0.0929 e. The molecule has 1 rings (SSSR count). The fourth-order valence-electron chi connectivity index (χ4n) is 1.13. The first-order valence-electron chi connectivity index (χ1n) is 4.92. The van der Waals surface area contributed by atoms with Crippen LogP contribution in [-0.2, 0) is 0 Å². The molecule has 1 aromatic rings. The minimum atomic E-state index is -0.574. The summed E-state index contributed by atoms with van der Waals surface area (Å²) >= 11 is 5.78. The largest absolute Gasteiger partial charge is 0.387 e. The number of halogens is 1. The van der Waals surface area contributed by atoms with E-state index in [1.54, 1.807) is 18.5 Å². The number of β-amino-alcohol motifs (C(OH)–C–C–N with tert-alkyl or cyclic N) is 1. The van der Waals surface area contributed by atoms with E-state index in [1.807, 2.05) is 0 Å². The van der Waals surface area contributed by atoms with E-state index in [4.69, 9.17) is 11.6 Å². The zero-order valence-electron chi connectivity index (χ0n) is 9.29. The van der Waals surface area contributed by atoms with Crippen LogP contribution in [0.15, 0.2) is 18.5 Å². The normalized spacial score (nSPS) is 13.9. The van der Waals surface area contributed by atoms with E-state index in [2.05, 4.69) is 31.1 Å². The van der Waals surface area contributed by atoms with Crippen LogP contribution in [0.3, 0.4) is 0 Å². The van der Waals surface area contributed by atoms with E-state index < -0.39 is 6.10 Å². The van der Waals surface area contributed by atoms with E-state index in [9.17, 15) is 5.11 Å². The smallest absolute Gasteiger partial charge is 0.0929 e. The molecule has 0 bridgehead atoms. The van der Waals surface area contributed by atoms with Gasteiger partial charge in [0.2, 0.25) is 0 Å². The third-order valence-corrected chi connectivity index (χ3v) is 2.14. The molecule has 3 nitrogen and oxygen atoms in total. The predicted molar refractivity (Wildman–Crippen MR) is 62.0 cm³/mol. The molecule has 1 heterocycles. The molecular formula is C11H17ClN2O. The van der Waals surface area contributed by atoms with Gasteiger partial charge in [0.25, 0.3) is 0 Å². The van der Waals surface area contributed by atoms with Crippen molar-refractivity contribution in [1.29, 1.82) is 0 Å². The SMILES string of the molecule is CC(C)(C)NC[C@H](O)c1cncc(Cl)c1. The lowest BCUT2D eigenvalue weighted by atomic mass is 10.1.